The number of aryl methyl sites for hydroxylation is 1. The quantitative estimate of drug-likeness (QED) is 0.331. The first-order valence-electron chi connectivity index (χ1n) is 7.95. The molecular weight excluding hydrogens is 285 g/mol. The van der Waals surface area contributed by atoms with Crippen LogP contribution in [0.2, 0.25) is 0 Å². The summed E-state index contributed by atoms with van der Waals surface area (Å²) >= 11 is 0. The van der Waals surface area contributed by atoms with Gasteiger partial charge in [-0.05, 0) is 23.8 Å². The molecule has 1 aromatic heterocycles. The van der Waals surface area contributed by atoms with E-state index in [9.17, 15) is 0 Å². The molecule has 0 radical (unpaired) electrons. The van der Waals surface area contributed by atoms with Crippen LogP contribution in [0.3, 0.4) is 0 Å². The summed E-state index contributed by atoms with van der Waals surface area (Å²) in [6.07, 6.45) is 0. The Balaban J connectivity index is 0.00000146. The minimum absolute atomic E-state index is 0. The predicted octanol–water partition coefficient (Wildman–Crippen LogP) is 2.87. The topological polar surface area (TPSA) is 4.93 Å². The Morgan fingerprint density at radius 1 is 0.750 bits per heavy atom. The number of nitrogens with zero attached hydrogens (tertiary/aromatic N) is 1. The van der Waals surface area contributed by atoms with E-state index < -0.39 is 0 Å². The van der Waals surface area contributed by atoms with Gasteiger partial charge in [-0.1, -0.05) is 35.9 Å². The average molecular weight is 301 g/mol. The van der Waals surface area contributed by atoms with Gasteiger partial charge in [0.1, 0.15) is 0 Å². The summed E-state index contributed by atoms with van der Waals surface area (Å²) in [6, 6.07) is 28.5. The zero-order chi connectivity index (χ0) is 15.4. The summed E-state index contributed by atoms with van der Waals surface area (Å²) < 4.78 is 2.28. The van der Waals surface area contributed by atoms with Gasteiger partial charge in [0.2, 0.25) is 0 Å². The van der Waals surface area contributed by atoms with Gasteiger partial charge in [-0.25, -0.2) is 0 Å². The second kappa shape index (κ2) is 5.63. The predicted molar refractivity (Wildman–Crippen MR) is 99.0 cm³/mol. The van der Waals surface area contributed by atoms with Crippen molar-refractivity contribution in [3.8, 4) is 11.1 Å². The minimum Gasteiger partial charge on any atom is -0.344 e. The smallest absolute Gasteiger partial charge is 0.344 e. The van der Waals surface area contributed by atoms with Gasteiger partial charge in [0.05, 0.1) is 0 Å². The van der Waals surface area contributed by atoms with Gasteiger partial charge < -0.3 is 4.57 Å². The maximum atomic E-state index is 2.33. The molecule has 0 saturated carbocycles. The molecule has 110 valence electrons. The van der Waals surface area contributed by atoms with Crippen LogP contribution in [-0.4, -0.2) is 4.57 Å². The maximum absolute atomic E-state index is 2.33. The van der Waals surface area contributed by atoms with E-state index in [1.807, 2.05) is 0 Å². The number of hydrogen-bond acceptors (Lipinski definition) is 0. The van der Waals surface area contributed by atoms with Crippen LogP contribution in [0.25, 0.3) is 43.7 Å². The van der Waals surface area contributed by atoms with Gasteiger partial charge in [0.15, 0.2) is 0 Å². The summed E-state index contributed by atoms with van der Waals surface area (Å²) in [5.74, 6) is 0. The van der Waals surface area contributed by atoms with E-state index in [-0.39, 0.29) is 18.9 Å². The van der Waals surface area contributed by atoms with Crippen molar-refractivity contribution in [1.29, 1.82) is 0 Å². The van der Waals surface area contributed by atoms with Gasteiger partial charge in [0.25, 0.3) is 0 Å². The fourth-order valence-electron chi connectivity index (χ4n) is 3.75. The Bertz CT molecular complexity index is 1180. The van der Waals surface area contributed by atoms with E-state index in [0.717, 1.165) is 0 Å². The van der Waals surface area contributed by atoms with E-state index in [2.05, 4.69) is 90.5 Å². The first-order chi connectivity index (χ1) is 11.3. The number of hydrogen-bond donors (Lipinski definition) is 0. The Morgan fingerprint density at radius 3 is 2.50 bits per heavy atom. The van der Waals surface area contributed by atoms with Crippen LogP contribution in [0, 0.1) is 0 Å². The Hall–Kier alpha value is -2.33. The van der Waals surface area contributed by atoms with Gasteiger partial charge in [0, 0.05) is 28.9 Å². The number of fused-ring (bicyclic) bond motifs is 4. The molecule has 1 nitrogen and oxygen atoms in total. The number of para-hydroxylation sites is 1. The van der Waals surface area contributed by atoms with Gasteiger partial charge in [-0.3, -0.25) is 0 Å². The second-order valence-corrected chi connectivity index (χ2v) is 6.14. The first kappa shape index (κ1) is 15.2. The largest absolute Gasteiger partial charge is 1.00 e. The summed E-state index contributed by atoms with van der Waals surface area (Å²) in [4.78, 5) is 0. The molecule has 0 aliphatic carbocycles. The first-order valence-corrected chi connectivity index (χ1v) is 7.95. The molecule has 0 atom stereocenters. The van der Waals surface area contributed by atoms with Crippen LogP contribution < -0.4 is 18.9 Å². The average Bonchev–Trinajstić information content (AvgIpc) is 3.19. The molecule has 24 heavy (non-hydrogen) atoms. The Morgan fingerprint density at radius 2 is 1.58 bits per heavy atom. The third-order valence-electron chi connectivity index (χ3n) is 4.90. The molecule has 5 rings (SSSR count). The number of aromatic nitrogens is 1. The summed E-state index contributed by atoms with van der Waals surface area (Å²) in [7, 11) is 2.14. The van der Waals surface area contributed by atoms with Crippen molar-refractivity contribution in [2.75, 3.05) is 0 Å². The molecule has 0 bridgehead atoms. The third-order valence-corrected chi connectivity index (χ3v) is 4.90. The van der Waals surface area contributed by atoms with Gasteiger partial charge in [-0.15, -0.1) is 29.0 Å². The fourth-order valence-corrected chi connectivity index (χ4v) is 3.75. The van der Waals surface area contributed by atoms with Crippen LogP contribution in [-0.2, 0) is 7.05 Å². The van der Waals surface area contributed by atoms with Gasteiger partial charge in [-0.2, -0.15) is 12.1 Å². The second-order valence-electron chi connectivity index (χ2n) is 6.14. The Labute approximate surface area is 153 Å². The van der Waals surface area contributed by atoms with E-state index in [1.54, 1.807) is 0 Å². The van der Waals surface area contributed by atoms with Crippen LogP contribution in [0.4, 0.5) is 0 Å². The van der Waals surface area contributed by atoms with Crippen molar-refractivity contribution < 1.29 is 18.9 Å². The van der Waals surface area contributed by atoms with Crippen LogP contribution in [0.1, 0.15) is 0 Å². The van der Waals surface area contributed by atoms with Crippen LogP contribution in [0.15, 0.2) is 78.9 Å². The fraction of sp³-hybridized carbons (Fsp3) is 0.0455. The number of rotatable bonds is 1. The standard InChI is InChI=1S/C22H16N.Li/c1-23-21-11-3-2-8-19(21)20-14-16(12-13-22(20)23)18-10-5-7-15-6-4-9-17(15)18;/h2-14H,1H3;/q-1;+1. The van der Waals surface area contributed by atoms with Crippen molar-refractivity contribution in [3.05, 3.63) is 78.9 Å². The molecule has 4 aromatic carbocycles. The molecule has 0 amide bonds. The normalized spacial score (nSPS) is 11.2. The molecule has 0 fully saturated rings. The summed E-state index contributed by atoms with van der Waals surface area (Å²) in [5.41, 5.74) is 5.16. The molecule has 0 N–H and O–H groups in total. The van der Waals surface area contributed by atoms with Gasteiger partial charge >= 0.3 is 18.9 Å². The van der Waals surface area contributed by atoms with E-state index in [4.69, 9.17) is 0 Å². The summed E-state index contributed by atoms with van der Waals surface area (Å²) in [6.45, 7) is 0. The van der Waals surface area contributed by atoms with E-state index in [0.29, 0.717) is 0 Å². The van der Waals surface area contributed by atoms with Crippen molar-refractivity contribution in [3.63, 3.8) is 0 Å². The zero-order valence-corrected chi connectivity index (χ0v) is 14.0. The van der Waals surface area contributed by atoms with Crippen molar-refractivity contribution >= 4 is 32.6 Å². The maximum Gasteiger partial charge on any atom is 1.00 e. The molecule has 1 heterocycles. The zero-order valence-electron chi connectivity index (χ0n) is 14.0. The molecule has 0 aliphatic rings. The molecular formula is C22H16LiN. The molecule has 0 spiro atoms. The van der Waals surface area contributed by atoms with E-state index in [1.165, 1.54) is 43.7 Å². The minimum atomic E-state index is 0. The molecule has 0 unspecified atom stereocenters. The third kappa shape index (κ3) is 2.06. The number of benzene rings is 3. The SMILES string of the molecule is Cn1c2ccccc2c2cc(-c3cccc4[cH-]ccc34)ccc21.[Li+]. The van der Waals surface area contributed by atoms with Crippen molar-refractivity contribution in [1.82, 2.24) is 4.57 Å². The Kier molecular flexibility index (Phi) is 3.57. The molecule has 0 saturated heterocycles. The molecule has 0 aliphatic heterocycles. The van der Waals surface area contributed by atoms with Crippen molar-refractivity contribution in [2.24, 2.45) is 7.05 Å². The monoisotopic (exact) mass is 301 g/mol. The molecule has 2 heteroatoms. The molecule has 5 aromatic rings. The van der Waals surface area contributed by atoms with Crippen LogP contribution >= 0.6 is 0 Å². The summed E-state index contributed by atoms with van der Waals surface area (Å²) in [5, 5.41) is 5.28. The van der Waals surface area contributed by atoms with E-state index >= 15 is 0 Å². The van der Waals surface area contributed by atoms with Crippen LogP contribution in [0.5, 0.6) is 0 Å². The van der Waals surface area contributed by atoms with Crippen molar-refractivity contribution in [2.45, 2.75) is 0 Å².